The van der Waals surface area contributed by atoms with Crippen molar-refractivity contribution in [2.45, 2.75) is 0 Å². The molecule has 0 atom stereocenters. The maximum atomic E-state index is 12.4. The van der Waals surface area contributed by atoms with Crippen molar-refractivity contribution < 1.29 is 13.9 Å². The average molecular weight is 141 g/mol. The molecule has 1 aliphatic heterocycles. The fraction of sp³-hybridized carbons (Fsp3) is 0.167. The van der Waals surface area contributed by atoms with Gasteiger partial charge in [0.15, 0.2) is 5.75 Å². The average Bonchev–Trinajstić information content (AvgIpc) is 2.33. The van der Waals surface area contributed by atoms with E-state index in [9.17, 15) is 4.39 Å². The lowest BCUT2D eigenvalue weighted by Crippen LogP contribution is -1.93. The number of ether oxygens (including phenoxy) is 2. The smallest absolute Gasteiger partial charge is 0.260 e. The first-order valence-electron chi connectivity index (χ1n) is 2.77. The molecule has 0 bridgehead atoms. The second kappa shape index (κ2) is 1.83. The maximum Gasteiger partial charge on any atom is 0.260 e. The molecule has 4 heteroatoms. The van der Waals surface area contributed by atoms with Crippen LogP contribution in [0.3, 0.4) is 0 Å². The minimum absolute atomic E-state index is 0.131. The van der Waals surface area contributed by atoms with Crippen molar-refractivity contribution in [2.24, 2.45) is 0 Å². The number of fused-ring (bicyclic) bond motifs is 1. The Hall–Kier alpha value is -1.32. The number of nitrogens with zero attached hydrogens (tertiary/aromatic N) is 1. The van der Waals surface area contributed by atoms with E-state index in [1.54, 1.807) is 0 Å². The van der Waals surface area contributed by atoms with Gasteiger partial charge < -0.3 is 9.47 Å². The predicted molar refractivity (Wildman–Crippen MR) is 30.3 cm³/mol. The van der Waals surface area contributed by atoms with Gasteiger partial charge in [-0.05, 0) is 0 Å². The van der Waals surface area contributed by atoms with Gasteiger partial charge in [-0.2, -0.15) is 0 Å². The van der Waals surface area contributed by atoms with E-state index in [0.29, 0.717) is 11.6 Å². The third-order valence-corrected chi connectivity index (χ3v) is 1.19. The largest absolute Gasteiger partial charge is 0.452 e. The highest BCUT2D eigenvalue weighted by molar-refractivity contribution is 5.34. The van der Waals surface area contributed by atoms with E-state index < -0.39 is 5.82 Å². The summed E-state index contributed by atoms with van der Waals surface area (Å²) in [6, 6.07) is 1.25. The Kier molecular flexibility index (Phi) is 1.00. The lowest BCUT2D eigenvalue weighted by Gasteiger charge is -1.91. The molecule has 0 aromatic carbocycles. The van der Waals surface area contributed by atoms with Crippen LogP contribution in [0.5, 0.6) is 11.6 Å². The van der Waals surface area contributed by atoms with Gasteiger partial charge in [0.2, 0.25) is 6.79 Å². The van der Waals surface area contributed by atoms with Gasteiger partial charge in [-0.3, -0.25) is 0 Å². The van der Waals surface area contributed by atoms with E-state index in [-0.39, 0.29) is 6.79 Å². The van der Waals surface area contributed by atoms with Crippen molar-refractivity contribution in [2.75, 3.05) is 6.79 Å². The second-order valence-electron chi connectivity index (χ2n) is 1.86. The van der Waals surface area contributed by atoms with Gasteiger partial charge in [0.05, 0.1) is 6.20 Å². The zero-order valence-electron chi connectivity index (χ0n) is 5.00. The highest BCUT2D eigenvalue weighted by Crippen LogP contribution is 2.28. The van der Waals surface area contributed by atoms with Crippen LogP contribution in [0.4, 0.5) is 4.39 Å². The summed E-state index contributed by atoms with van der Waals surface area (Å²) in [5, 5.41) is 0. The first-order chi connectivity index (χ1) is 4.86. The van der Waals surface area contributed by atoms with Crippen molar-refractivity contribution in [1.82, 2.24) is 4.98 Å². The molecule has 1 aliphatic rings. The molecule has 0 N–H and O–H groups in total. The summed E-state index contributed by atoms with van der Waals surface area (Å²) in [5.74, 6) is 0.325. The summed E-state index contributed by atoms with van der Waals surface area (Å²) in [4.78, 5) is 3.64. The highest BCUT2D eigenvalue weighted by atomic mass is 19.1. The van der Waals surface area contributed by atoms with Crippen molar-refractivity contribution in [1.29, 1.82) is 0 Å². The van der Waals surface area contributed by atoms with Crippen LogP contribution >= 0.6 is 0 Å². The molecule has 1 aromatic rings. The molecule has 2 heterocycles. The molecule has 0 saturated heterocycles. The van der Waals surface area contributed by atoms with Crippen LogP contribution in [0.1, 0.15) is 0 Å². The van der Waals surface area contributed by atoms with Gasteiger partial charge in [-0.25, -0.2) is 9.37 Å². The Morgan fingerprint density at radius 3 is 3.30 bits per heavy atom. The summed E-state index contributed by atoms with van der Waals surface area (Å²) in [5.41, 5.74) is 0. The molecule has 2 rings (SSSR count). The Balaban J connectivity index is 2.52. The second-order valence-corrected chi connectivity index (χ2v) is 1.86. The first kappa shape index (κ1) is 5.46. The molecule has 0 aliphatic carbocycles. The molecule has 0 amide bonds. The zero-order valence-corrected chi connectivity index (χ0v) is 5.00. The Labute approximate surface area is 56.4 Å². The Morgan fingerprint density at radius 2 is 2.40 bits per heavy atom. The lowest BCUT2D eigenvalue weighted by molar-refractivity contribution is 0.171. The highest BCUT2D eigenvalue weighted by Gasteiger charge is 2.14. The number of hydrogen-bond donors (Lipinski definition) is 0. The van der Waals surface area contributed by atoms with Crippen LogP contribution in [-0.4, -0.2) is 11.8 Å². The molecular weight excluding hydrogens is 137 g/mol. The molecular formula is C6H4FNO2. The van der Waals surface area contributed by atoms with Crippen LogP contribution in [0.25, 0.3) is 0 Å². The molecule has 0 radical (unpaired) electrons. The lowest BCUT2D eigenvalue weighted by atomic mass is 10.4. The third kappa shape index (κ3) is 0.689. The van der Waals surface area contributed by atoms with E-state index in [4.69, 9.17) is 9.47 Å². The number of rotatable bonds is 0. The van der Waals surface area contributed by atoms with Gasteiger partial charge in [0.1, 0.15) is 5.82 Å². The van der Waals surface area contributed by atoms with E-state index in [0.717, 1.165) is 6.20 Å². The number of pyridine rings is 1. The Morgan fingerprint density at radius 1 is 1.50 bits per heavy atom. The quantitative estimate of drug-likeness (QED) is 0.539. The van der Waals surface area contributed by atoms with Crippen molar-refractivity contribution >= 4 is 0 Å². The van der Waals surface area contributed by atoms with Crippen LogP contribution in [-0.2, 0) is 0 Å². The van der Waals surface area contributed by atoms with Gasteiger partial charge in [0, 0.05) is 6.07 Å². The minimum atomic E-state index is -0.413. The Bertz CT molecular complexity index is 264. The summed E-state index contributed by atoms with van der Waals surface area (Å²) < 4.78 is 22.1. The SMILES string of the molecule is Fc1cnc2c(c1)OCO2. The minimum Gasteiger partial charge on any atom is -0.452 e. The monoisotopic (exact) mass is 141 g/mol. The normalized spacial score (nSPS) is 13.7. The standard InChI is InChI=1S/C6H4FNO2/c7-4-1-5-6(8-2-4)10-3-9-5/h1-2H,3H2. The van der Waals surface area contributed by atoms with Gasteiger partial charge in [0.25, 0.3) is 5.88 Å². The van der Waals surface area contributed by atoms with E-state index >= 15 is 0 Å². The first-order valence-corrected chi connectivity index (χ1v) is 2.77. The number of halogens is 1. The molecule has 0 spiro atoms. The number of hydrogen-bond acceptors (Lipinski definition) is 3. The molecule has 10 heavy (non-hydrogen) atoms. The van der Waals surface area contributed by atoms with Gasteiger partial charge in [-0.15, -0.1) is 0 Å². The van der Waals surface area contributed by atoms with Crippen LogP contribution < -0.4 is 9.47 Å². The van der Waals surface area contributed by atoms with Gasteiger partial charge in [-0.1, -0.05) is 0 Å². The molecule has 3 nitrogen and oxygen atoms in total. The van der Waals surface area contributed by atoms with Crippen LogP contribution in [0, 0.1) is 5.82 Å². The molecule has 0 saturated carbocycles. The van der Waals surface area contributed by atoms with Crippen LogP contribution in [0.15, 0.2) is 12.3 Å². The number of aromatic nitrogens is 1. The van der Waals surface area contributed by atoms with Crippen LogP contribution in [0.2, 0.25) is 0 Å². The summed E-state index contributed by atoms with van der Waals surface area (Å²) in [6.45, 7) is 0.131. The summed E-state index contributed by atoms with van der Waals surface area (Å²) in [6.07, 6.45) is 1.09. The third-order valence-electron chi connectivity index (χ3n) is 1.19. The predicted octanol–water partition coefficient (Wildman–Crippen LogP) is 0.949. The fourth-order valence-electron chi connectivity index (χ4n) is 0.769. The van der Waals surface area contributed by atoms with Gasteiger partial charge >= 0.3 is 0 Å². The molecule has 52 valence electrons. The summed E-state index contributed by atoms with van der Waals surface area (Å²) in [7, 11) is 0. The molecule has 1 aromatic heterocycles. The van der Waals surface area contributed by atoms with Crippen molar-refractivity contribution in [3.8, 4) is 11.6 Å². The van der Waals surface area contributed by atoms with Crippen molar-refractivity contribution in [3.05, 3.63) is 18.1 Å². The topological polar surface area (TPSA) is 31.4 Å². The van der Waals surface area contributed by atoms with E-state index in [2.05, 4.69) is 4.98 Å². The zero-order chi connectivity index (χ0) is 6.97. The maximum absolute atomic E-state index is 12.4. The fourth-order valence-corrected chi connectivity index (χ4v) is 0.769. The van der Waals surface area contributed by atoms with Crippen molar-refractivity contribution in [3.63, 3.8) is 0 Å². The summed E-state index contributed by atoms with van der Waals surface area (Å²) >= 11 is 0. The van der Waals surface area contributed by atoms with E-state index in [1.165, 1.54) is 6.07 Å². The molecule has 0 fully saturated rings. The van der Waals surface area contributed by atoms with E-state index in [1.807, 2.05) is 0 Å². The molecule has 0 unspecified atom stereocenters.